The van der Waals surface area contributed by atoms with Crippen LogP contribution in [-0.4, -0.2) is 29.4 Å². The van der Waals surface area contributed by atoms with Crippen molar-refractivity contribution in [2.24, 2.45) is 11.7 Å². The number of nitrogens with zero attached hydrogens (tertiary/aromatic N) is 1. The first-order valence-electron chi connectivity index (χ1n) is 6.49. The molecule has 2 N–H and O–H groups in total. The van der Waals surface area contributed by atoms with E-state index in [1.807, 2.05) is 13.8 Å². The van der Waals surface area contributed by atoms with E-state index in [9.17, 15) is 22.4 Å². The maximum absolute atomic E-state index is 13.6. The third kappa shape index (κ3) is 2.88. The Labute approximate surface area is 119 Å². The lowest BCUT2D eigenvalue weighted by atomic mass is 9.80. The van der Waals surface area contributed by atoms with Gasteiger partial charge >= 0.3 is 6.18 Å². The first-order chi connectivity index (χ1) is 9.54. The van der Waals surface area contributed by atoms with Crippen LogP contribution in [0.3, 0.4) is 0 Å². The van der Waals surface area contributed by atoms with Gasteiger partial charge < -0.3 is 10.6 Å². The molecule has 0 spiro atoms. The predicted molar refractivity (Wildman–Crippen MR) is 69.1 cm³/mol. The summed E-state index contributed by atoms with van der Waals surface area (Å²) in [6.45, 7) is 4.21. The summed E-state index contributed by atoms with van der Waals surface area (Å²) in [5, 5.41) is 0. The average Bonchev–Trinajstić information content (AvgIpc) is 2.33. The zero-order valence-electron chi connectivity index (χ0n) is 11.7. The van der Waals surface area contributed by atoms with E-state index in [-0.39, 0.29) is 19.0 Å². The number of hydrogen-bond acceptors (Lipinski definition) is 2. The summed E-state index contributed by atoms with van der Waals surface area (Å²) in [7, 11) is 0. The van der Waals surface area contributed by atoms with E-state index in [1.54, 1.807) is 0 Å². The van der Waals surface area contributed by atoms with Gasteiger partial charge in [-0.05, 0) is 24.1 Å². The Kier molecular flexibility index (Phi) is 3.73. The zero-order valence-corrected chi connectivity index (χ0v) is 11.7. The van der Waals surface area contributed by atoms with E-state index in [0.29, 0.717) is 18.2 Å². The molecule has 1 aliphatic heterocycles. The van der Waals surface area contributed by atoms with Gasteiger partial charge in [0, 0.05) is 13.1 Å². The summed E-state index contributed by atoms with van der Waals surface area (Å²) in [6.07, 6.45) is -4.62. The molecule has 1 aromatic rings. The topological polar surface area (TPSA) is 46.3 Å². The number of halogens is 4. The second kappa shape index (κ2) is 4.98. The van der Waals surface area contributed by atoms with Crippen LogP contribution < -0.4 is 5.73 Å². The molecule has 21 heavy (non-hydrogen) atoms. The fourth-order valence-corrected chi connectivity index (χ4v) is 2.21. The van der Waals surface area contributed by atoms with Crippen molar-refractivity contribution in [1.82, 2.24) is 4.90 Å². The number of hydrogen-bond donors (Lipinski definition) is 1. The molecule has 3 nitrogen and oxygen atoms in total. The van der Waals surface area contributed by atoms with Gasteiger partial charge in [-0.1, -0.05) is 13.8 Å². The van der Waals surface area contributed by atoms with Crippen LogP contribution in [-0.2, 0) is 6.18 Å². The van der Waals surface area contributed by atoms with Crippen molar-refractivity contribution >= 4 is 5.91 Å². The molecule has 7 heteroatoms. The molecule has 1 saturated heterocycles. The minimum absolute atomic E-state index is 0.118. The maximum Gasteiger partial charge on any atom is 0.416 e. The van der Waals surface area contributed by atoms with Gasteiger partial charge in [0.15, 0.2) is 0 Å². The largest absolute Gasteiger partial charge is 0.416 e. The van der Waals surface area contributed by atoms with Crippen molar-refractivity contribution in [3.8, 4) is 0 Å². The van der Waals surface area contributed by atoms with Gasteiger partial charge in [0.2, 0.25) is 0 Å². The highest BCUT2D eigenvalue weighted by Gasteiger charge is 2.45. The van der Waals surface area contributed by atoms with Gasteiger partial charge in [-0.25, -0.2) is 4.39 Å². The fraction of sp³-hybridized carbons (Fsp3) is 0.500. The number of nitrogens with two attached hydrogens (primary N) is 1. The van der Waals surface area contributed by atoms with Gasteiger partial charge in [-0.15, -0.1) is 0 Å². The predicted octanol–water partition coefficient (Wildman–Crippen LogP) is 2.65. The summed E-state index contributed by atoms with van der Waals surface area (Å²) in [4.78, 5) is 13.4. The van der Waals surface area contributed by atoms with Crippen molar-refractivity contribution in [2.75, 3.05) is 13.1 Å². The van der Waals surface area contributed by atoms with Gasteiger partial charge in [-0.3, -0.25) is 4.79 Å². The Morgan fingerprint density at radius 3 is 2.38 bits per heavy atom. The van der Waals surface area contributed by atoms with Crippen molar-refractivity contribution in [3.63, 3.8) is 0 Å². The number of amides is 1. The maximum atomic E-state index is 13.6. The number of alkyl halides is 3. The summed E-state index contributed by atoms with van der Waals surface area (Å²) in [5.41, 5.74) is 3.84. The molecule has 1 amide bonds. The van der Waals surface area contributed by atoms with Crippen LogP contribution in [0.2, 0.25) is 0 Å². The lowest BCUT2D eigenvalue weighted by molar-refractivity contribution is -0.137. The van der Waals surface area contributed by atoms with Crippen LogP contribution in [0.1, 0.15) is 29.8 Å². The number of carbonyl (C=O) groups excluding carboxylic acids is 1. The normalized spacial score (nSPS) is 17.8. The minimum Gasteiger partial charge on any atom is -0.335 e. The van der Waals surface area contributed by atoms with Crippen LogP contribution in [0, 0.1) is 11.7 Å². The third-order valence-corrected chi connectivity index (χ3v) is 3.93. The summed E-state index contributed by atoms with van der Waals surface area (Å²) in [5.74, 6) is -1.61. The molecular formula is C14H16F4N2O. The molecule has 0 aromatic heterocycles. The first kappa shape index (κ1) is 15.8. The van der Waals surface area contributed by atoms with E-state index in [1.165, 1.54) is 4.90 Å². The van der Waals surface area contributed by atoms with E-state index < -0.39 is 34.6 Å². The average molecular weight is 304 g/mol. The second-order valence-electron chi connectivity index (χ2n) is 5.74. The van der Waals surface area contributed by atoms with Crippen molar-refractivity contribution in [2.45, 2.75) is 25.6 Å². The standard InChI is InChI=1S/C14H16F4N2O/c1-8(2)13(19)6-20(7-13)12(21)10-5-9(14(16,17)18)3-4-11(10)15/h3-5,8H,6-7,19H2,1-2H3. The monoisotopic (exact) mass is 304 g/mol. The SMILES string of the molecule is CC(C)C1(N)CN(C(=O)c2cc(C(F)(F)F)ccc2F)C1. The first-order valence-corrected chi connectivity index (χ1v) is 6.49. The van der Waals surface area contributed by atoms with Crippen LogP contribution in [0.15, 0.2) is 18.2 Å². The van der Waals surface area contributed by atoms with Gasteiger partial charge in [0.1, 0.15) is 5.82 Å². The summed E-state index contributed by atoms with van der Waals surface area (Å²) >= 11 is 0. The molecule has 0 aliphatic carbocycles. The van der Waals surface area contributed by atoms with E-state index in [4.69, 9.17) is 5.73 Å². The molecule has 2 rings (SSSR count). The number of rotatable bonds is 2. The highest BCUT2D eigenvalue weighted by Crippen LogP contribution is 2.32. The number of carbonyl (C=O) groups is 1. The molecule has 0 unspecified atom stereocenters. The lowest BCUT2D eigenvalue weighted by Crippen LogP contribution is -2.71. The van der Waals surface area contributed by atoms with Crippen LogP contribution >= 0.6 is 0 Å². The van der Waals surface area contributed by atoms with Gasteiger partial charge in [-0.2, -0.15) is 13.2 Å². The van der Waals surface area contributed by atoms with Crippen molar-refractivity contribution < 1.29 is 22.4 Å². The van der Waals surface area contributed by atoms with E-state index >= 15 is 0 Å². The minimum atomic E-state index is -4.62. The van der Waals surface area contributed by atoms with E-state index in [0.717, 1.165) is 0 Å². The lowest BCUT2D eigenvalue weighted by Gasteiger charge is -2.50. The molecule has 0 bridgehead atoms. The molecule has 1 aromatic carbocycles. The van der Waals surface area contributed by atoms with Crippen LogP contribution in [0.4, 0.5) is 17.6 Å². The van der Waals surface area contributed by atoms with E-state index in [2.05, 4.69) is 0 Å². The van der Waals surface area contributed by atoms with Gasteiger partial charge in [0.25, 0.3) is 5.91 Å². The second-order valence-corrected chi connectivity index (χ2v) is 5.74. The molecule has 1 heterocycles. The highest BCUT2D eigenvalue weighted by atomic mass is 19.4. The Morgan fingerprint density at radius 2 is 1.90 bits per heavy atom. The summed E-state index contributed by atoms with van der Waals surface area (Å²) < 4.78 is 51.5. The van der Waals surface area contributed by atoms with Crippen molar-refractivity contribution in [1.29, 1.82) is 0 Å². The van der Waals surface area contributed by atoms with Crippen LogP contribution in [0.25, 0.3) is 0 Å². The highest BCUT2D eigenvalue weighted by molar-refractivity contribution is 5.95. The molecule has 0 saturated carbocycles. The quantitative estimate of drug-likeness (QED) is 0.854. The van der Waals surface area contributed by atoms with Crippen LogP contribution in [0.5, 0.6) is 0 Å². The molecule has 0 radical (unpaired) electrons. The fourth-order valence-electron chi connectivity index (χ4n) is 2.21. The molecule has 116 valence electrons. The molecular weight excluding hydrogens is 288 g/mol. The molecule has 0 atom stereocenters. The number of benzene rings is 1. The Hall–Kier alpha value is -1.63. The molecule has 1 aliphatic rings. The zero-order chi connectivity index (χ0) is 16.0. The number of likely N-dealkylation sites (tertiary alicyclic amines) is 1. The Bertz CT molecular complexity index is 563. The van der Waals surface area contributed by atoms with Crippen molar-refractivity contribution in [3.05, 3.63) is 35.1 Å². The third-order valence-electron chi connectivity index (χ3n) is 3.93. The Morgan fingerprint density at radius 1 is 1.33 bits per heavy atom. The van der Waals surface area contributed by atoms with Gasteiger partial charge in [0.05, 0.1) is 16.7 Å². The molecule has 1 fully saturated rings. The summed E-state index contributed by atoms with van der Waals surface area (Å²) in [6, 6.07) is 1.82. The Balaban J connectivity index is 2.22. The smallest absolute Gasteiger partial charge is 0.335 e.